The van der Waals surface area contributed by atoms with Gasteiger partial charge >= 0.3 is 0 Å². The number of pyridine rings is 1. The van der Waals surface area contributed by atoms with Crippen LogP contribution in [0.15, 0.2) is 77.5 Å². The minimum Gasteiger partial charge on any atom is -0.467 e. The Morgan fingerprint density at radius 3 is 2.62 bits per heavy atom. The summed E-state index contributed by atoms with van der Waals surface area (Å²) in [6, 6.07) is 18.6. The second kappa shape index (κ2) is 7.02. The van der Waals surface area contributed by atoms with Crippen LogP contribution in [0, 0.1) is 0 Å². The molecule has 1 N–H and O–H groups in total. The highest BCUT2D eigenvalue weighted by atomic mass is 16.3. The molecule has 0 bridgehead atoms. The third-order valence-electron chi connectivity index (χ3n) is 3.80. The van der Waals surface area contributed by atoms with Crippen LogP contribution in [0.5, 0.6) is 0 Å². The summed E-state index contributed by atoms with van der Waals surface area (Å²) in [6.07, 6.45) is 3.23. The molecular weight excluding hydrogens is 330 g/mol. The Morgan fingerprint density at radius 1 is 1.04 bits per heavy atom. The molecule has 0 radical (unpaired) electrons. The molecule has 0 aliphatic rings. The third kappa shape index (κ3) is 3.10. The molecule has 0 saturated heterocycles. The van der Waals surface area contributed by atoms with Gasteiger partial charge in [-0.05, 0) is 36.4 Å². The first kappa shape index (κ1) is 15.8. The van der Waals surface area contributed by atoms with Crippen molar-refractivity contribution < 1.29 is 9.21 Å². The molecule has 1 amide bonds. The number of hydrogen-bond donors (Lipinski definition) is 1. The predicted octanol–water partition coefficient (Wildman–Crippen LogP) is 2.85. The lowest BCUT2D eigenvalue weighted by atomic mass is 10.2. The van der Waals surface area contributed by atoms with E-state index in [0.29, 0.717) is 17.1 Å². The molecule has 0 spiro atoms. The Labute approximate surface area is 149 Å². The second-order valence-corrected chi connectivity index (χ2v) is 5.51. The minimum absolute atomic E-state index is 0.208. The van der Waals surface area contributed by atoms with Crippen LogP contribution in [0.1, 0.15) is 16.2 Å². The van der Waals surface area contributed by atoms with E-state index in [0.717, 1.165) is 5.69 Å². The first-order chi connectivity index (χ1) is 12.8. The topological polar surface area (TPSA) is 85.8 Å². The lowest BCUT2D eigenvalue weighted by molar-refractivity contribution is 0.0943. The van der Waals surface area contributed by atoms with Crippen LogP contribution in [0.4, 0.5) is 0 Å². The fraction of sp³-hybridized carbons (Fsp3) is 0.0526. The molecule has 0 fully saturated rings. The first-order valence-electron chi connectivity index (χ1n) is 8.06. The zero-order valence-corrected chi connectivity index (χ0v) is 13.7. The average molecular weight is 345 g/mol. The van der Waals surface area contributed by atoms with Gasteiger partial charge in [0.2, 0.25) is 0 Å². The van der Waals surface area contributed by atoms with Gasteiger partial charge in [-0.2, -0.15) is 0 Å². The standard InChI is InChI=1S/C19H15N5O2/c25-19(21-13-15-9-6-12-26-15)17-18(16-10-4-5-11-20-16)24(23-22-17)14-7-2-1-3-8-14/h1-12H,13H2,(H,21,25). The lowest BCUT2D eigenvalue weighted by Gasteiger charge is -2.07. The molecule has 4 rings (SSSR count). The molecule has 0 aliphatic heterocycles. The minimum atomic E-state index is -0.343. The van der Waals surface area contributed by atoms with E-state index < -0.39 is 0 Å². The van der Waals surface area contributed by atoms with Crippen molar-refractivity contribution in [1.82, 2.24) is 25.3 Å². The molecule has 1 aromatic carbocycles. The molecule has 3 heterocycles. The van der Waals surface area contributed by atoms with Crippen molar-refractivity contribution in [3.05, 3.63) is 84.6 Å². The molecule has 26 heavy (non-hydrogen) atoms. The maximum atomic E-state index is 12.7. The lowest BCUT2D eigenvalue weighted by Crippen LogP contribution is -2.23. The number of para-hydroxylation sites is 1. The van der Waals surface area contributed by atoms with Crippen molar-refractivity contribution >= 4 is 5.91 Å². The van der Waals surface area contributed by atoms with E-state index in [1.165, 1.54) is 0 Å². The van der Waals surface area contributed by atoms with Gasteiger partial charge in [-0.1, -0.05) is 29.5 Å². The number of furan rings is 1. The largest absolute Gasteiger partial charge is 0.467 e. The molecule has 0 aliphatic carbocycles. The van der Waals surface area contributed by atoms with Gasteiger partial charge in [0, 0.05) is 6.20 Å². The van der Waals surface area contributed by atoms with E-state index in [4.69, 9.17) is 4.42 Å². The Morgan fingerprint density at radius 2 is 1.88 bits per heavy atom. The van der Waals surface area contributed by atoms with E-state index in [-0.39, 0.29) is 18.1 Å². The van der Waals surface area contributed by atoms with Crippen molar-refractivity contribution in [2.45, 2.75) is 6.54 Å². The summed E-state index contributed by atoms with van der Waals surface area (Å²) >= 11 is 0. The molecule has 7 heteroatoms. The summed E-state index contributed by atoms with van der Waals surface area (Å²) in [5, 5.41) is 11.1. The Kier molecular flexibility index (Phi) is 4.26. The number of nitrogens with one attached hydrogen (secondary N) is 1. The van der Waals surface area contributed by atoms with Gasteiger partial charge in [-0.25, -0.2) is 4.68 Å². The number of amides is 1. The molecule has 4 aromatic rings. The summed E-state index contributed by atoms with van der Waals surface area (Å²) in [5.41, 5.74) is 2.16. The SMILES string of the molecule is O=C(NCc1ccco1)c1nnn(-c2ccccc2)c1-c1ccccn1. The normalized spacial score (nSPS) is 10.6. The average Bonchev–Trinajstić information content (AvgIpc) is 3.37. The Bertz CT molecular complexity index is 995. The summed E-state index contributed by atoms with van der Waals surface area (Å²) in [5.74, 6) is 0.317. The number of carbonyl (C=O) groups excluding carboxylic acids is 1. The molecule has 0 saturated carbocycles. The molecule has 7 nitrogen and oxygen atoms in total. The molecule has 0 atom stereocenters. The van der Waals surface area contributed by atoms with Crippen LogP contribution >= 0.6 is 0 Å². The first-order valence-corrected chi connectivity index (χ1v) is 8.06. The predicted molar refractivity (Wildman–Crippen MR) is 94.5 cm³/mol. The van der Waals surface area contributed by atoms with Crippen LogP contribution in [-0.2, 0) is 6.54 Å². The second-order valence-electron chi connectivity index (χ2n) is 5.51. The molecule has 3 aromatic heterocycles. The zero-order chi connectivity index (χ0) is 17.8. The molecular formula is C19H15N5O2. The highest BCUT2D eigenvalue weighted by Gasteiger charge is 2.22. The van der Waals surface area contributed by atoms with Gasteiger partial charge in [-0.3, -0.25) is 9.78 Å². The van der Waals surface area contributed by atoms with E-state index in [9.17, 15) is 4.79 Å². The van der Waals surface area contributed by atoms with Crippen molar-refractivity contribution in [2.75, 3.05) is 0 Å². The van der Waals surface area contributed by atoms with Crippen LogP contribution in [0.25, 0.3) is 17.1 Å². The van der Waals surface area contributed by atoms with Gasteiger partial charge in [0.1, 0.15) is 11.5 Å². The summed E-state index contributed by atoms with van der Waals surface area (Å²) < 4.78 is 6.86. The van der Waals surface area contributed by atoms with E-state index in [1.807, 2.05) is 48.5 Å². The molecule has 128 valence electrons. The number of nitrogens with zero attached hydrogens (tertiary/aromatic N) is 4. The van der Waals surface area contributed by atoms with Crippen LogP contribution < -0.4 is 5.32 Å². The number of hydrogen-bond acceptors (Lipinski definition) is 5. The van der Waals surface area contributed by atoms with Crippen molar-refractivity contribution in [3.8, 4) is 17.1 Å². The van der Waals surface area contributed by atoms with Gasteiger partial charge in [-0.15, -0.1) is 5.10 Å². The van der Waals surface area contributed by atoms with Gasteiger partial charge in [0.25, 0.3) is 5.91 Å². The maximum Gasteiger partial charge on any atom is 0.274 e. The van der Waals surface area contributed by atoms with E-state index in [1.54, 1.807) is 29.3 Å². The maximum absolute atomic E-state index is 12.7. The monoisotopic (exact) mass is 345 g/mol. The van der Waals surface area contributed by atoms with Crippen molar-refractivity contribution in [3.63, 3.8) is 0 Å². The van der Waals surface area contributed by atoms with Gasteiger partial charge in [0.05, 0.1) is 24.2 Å². The summed E-state index contributed by atoms with van der Waals surface area (Å²) in [6.45, 7) is 0.270. The number of benzene rings is 1. The molecule has 0 unspecified atom stereocenters. The fourth-order valence-corrected chi connectivity index (χ4v) is 2.58. The highest BCUT2D eigenvalue weighted by molar-refractivity contribution is 5.97. The van der Waals surface area contributed by atoms with Crippen LogP contribution in [-0.4, -0.2) is 25.9 Å². The summed E-state index contributed by atoms with van der Waals surface area (Å²) in [4.78, 5) is 17.0. The van der Waals surface area contributed by atoms with E-state index >= 15 is 0 Å². The number of carbonyl (C=O) groups is 1. The number of rotatable bonds is 5. The Hall–Kier alpha value is -3.74. The fourth-order valence-electron chi connectivity index (χ4n) is 2.58. The van der Waals surface area contributed by atoms with E-state index in [2.05, 4.69) is 20.6 Å². The zero-order valence-electron chi connectivity index (χ0n) is 13.7. The number of aromatic nitrogens is 4. The quantitative estimate of drug-likeness (QED) is 0.601. The van der Waals surface area contributed by atoms with Crippen LogP contribution in [0.2, 0.25) is 0 Å². The van der Waals surface area contributed by atoms with Crippen LogP contribution in [0.3, 0.4) is 0 Å². The summed E-state index contributed by atoms with van der Waals surface area (Å²) in [7, 11) is 0. The third-order valence-corrected chi connectivity index (χ3v) is 3.80. The van der Waals surface area contributed by atoms with Gasteiger partial charge < -0.3 is 9.73 Å². The highest BCUT2D eigenvalue weighted by Crippen LogP contribution is 2.23. The van der Waals surface area contributed by atoms with Gasteiger partial charge in [0.15, 0.2) is 5.69 Å². The van der Waals surface area contributed by atoms with Crippen molar-refractivity contribution in [1.29, 1.82) is 0 Å². The van der Waals surface area contributed by atoms with Crippen molar-refractivity contribution in [2.24, 2.45) is 0 Å². The Balaban J connectivity index is 1.72. The smallest absolute Gasteiger partial charge is 0.274 e.